The van der Waals surface area contributed by atoms with Crippen LogP contribution in [-0.4, -0.2) is 25.3 Å². The van der Waals surface area contributed by atoms with Crippen LogP contribution in [0.4, 0.5) is 0 Å². The van der Waals surface area contributed by atoms with Crippen molar-refractivity contribution in [3.63, 3.8) is 0 Å². The van der Waals surface area contributed by atoms with Crippen molar-refractivity contribution < 1.29 is 9.47 Å². The second kappa shape index (κ2) is 17.9. The molecule has 4 aromatic rings. The molecular weight excluding hydrogens is 645 g/mol. The molecule has 1 N–H and O–H groups in total. The van der Waals surface area contributed by atoms with Crippen LogP contribution in [0.3, 0.4) is 0 Å². The van der Waals surface area contributed by atoms with Crippen LogP contribution >= 0.6 is 35.6 Å². The third-order valence-electron chi connectivity index (χ3n) is 9.92. The molecule has 3 nitrogen and oxygen atoms in total. The molecule has 252 valence electrons. The number of benzene rings is 4. The molecule has 4 aromatic carbocycles. The fourth-order valence-electron chi connectivity index (χ4n) is 7.54. The highest BCUT2D eigenvalue weighted by Crippen LogP contribution is 2.43. The van der Waals surface area contributed by atoms with E-state index in [1.165, 1.54) is 52.6 Å². The van der Waals surface area contributed by atoms with Gasteiger partial charge in [0.05, 0.1) is 26.4 Å². The minimum atomic E-state index is -0.0832. The molecule has 1 aliphatic carbocycles. The van der Waals surface area contributed by atoms with Gasteiger partial charge in [-0.3, -0.25) is 0 Å². The Balaban J connectivity index is 0.00000500. The number of ether oxygens (including phenoxy) is 2. The summed E-state index contributed by atoms with van der Waals surface area (Å²) in [5, 5.41) is 5.75. The molecule has 0 heterocycles. The fourth-order valence-corrected chi connectivity index (χ4v) is 7.80. The maximum Gasteiger partial charge on any atom is 0.0717 e. The smallest absolute Gasteiger partial charge is 0.0717 e. The van der Waals surface area contributed by atoms with Crippen molar-refractivity contribution in [3.05, 3.63) is 139 Å². The quantitative estimate of drug-likeness (QED) is 0.142. The van der Waals surface area contributed by atoms with Crippen LogP contribution in [0.25, 0.3) is 0 Å². The lowest BCUT2D eigenvalue weighted by atomic mass is 9.68. The Bertz CT molecular complexity index is 1510. The first-order chi connectivity index (χ1) is 22.3. The first-order valence-corrected chi connectivity index (χ1v) is 17.5. The Hall–Kier alpha value is -2.37. The van der Waals surface area contributed by atoms with Crippen LogP contribution in [0.1, 0.15) is 88.4 Å². The summed E-state index contributed by atoms with van der Waals surface area (Å²) < 4.78 is 13.0. The monoisotopic (exact) mass is 693 g/mol. The van der Waals surface area contributed by atoms with Gasteiger partial charge < -0.3 is 14.8 Å². The summed E-state index contributed by atoms with van der Waals surface area (Å²) >= 11 is 12.3. The molecule has 0 spiro atoms. The normalized spacial score (nSPS) is 15.5. The van der Waals surface area contributed by atoms with Crippen LogP contribution in [0, 0.1) is 27.7 Å². The lowest BCUT2D eigenvalue weighted by molar-refractivity contribution is 0.0570. The van der Waals surface area contributed by atoms with E-state index in [-0.39, 0.29) is 29.8 Å². The maximum atomic E-state index is 6.60. The zero-order valence-electron chi connectivity index (χ0n) is 28.3. The molecule has 0 saturated heterocycles. The second-order valence-electron chi connectivity index (χ2n) is 13.2. The Kier molecular flexibility index (Phi) is 14.2. The van der Waals surface area contributed by atoms with Crippen molar-refractivity contribution in [1.29, 1.82) is 0 Å². The van der Waals surface area contributed by atoms with E-state index in [4.69, 9.17) is 32.7 Å². The van der Waals surface area contributed by atoms with Crippen LogP contribution in [0.5, 0.6) is 0 Å². The molecule has 1 fully saturated rings. The van der Waals surface area contributed by atoms with Gasteiger partial charge in [-0.05, 0) is 109 Å². The van der Waals surface area contributed by atoms with Crippen LogP contribution in [0.15, 0.2) is 84.9 Å². The first kappa shape index (κ1) is 37.4. The number of nitrogens with one attached hydrogen (secondary N) is 1. The largest absolute Gasteiger partial charge is 0.376 e. The number of hydrogen-bond acceptors (Lipinski definition) is 3. The van der Waals surface area contributed by atoms with E-state index in [0.29, 0.717) is 26.4 Å². The van der Waals surface area contributed by atoms with Gasteiger partial charge in [-0.25, -0.2) is 0 Å². The molecule has 0 radical (unpaired) electrons. The van der Waals surface area contributed by atoms with Gasteiger partial charge in [-0.2, -0.15) is 0 Å². The third kappa shape index (κ3) is 9.85. The number of rotatable bonds is 14. The van der Waals surface area contributed by atoms with E-state index in [0.717, 1.165) is 40.6 Å². The van der Waals surface area contributed by atoms with E-state index < -0.39 is 0 Å². The second-order valence-corrected chi connectivity index (χ2v) is 14.1. The summed E-state index contributed by atoms with van der Waals surface area (Å²) in [7, 11) is 0. The van der Waals surface area contributed by atoms with Crippen LogP contribution in [0.2, 0.25) is 10.0 Å². The molecule has 1 saturated carbocycles. The van der Waals surface area contributed by atoms with Crippen LogP contribution < -0.4 is 5.32 Å². The molecule has 0 aliphatic heterocycles. The van der Waals surface area contributed by atoms with Crippen molar-refractivity contribution in [2.45, 2.75) is 90.4 Å². The first-order valence-electron chi connectivity index (χ1n) is 16.8. The van der Waals surface area contributed by atoms with Gasteiger partial charge in [0.25, 0.3) is 0 Å². The van der Waals surface area contributed by atoms with E-state index in [2.05, 4.69) is 81.5 Å². The van der Waals surface area contributed by atoms with Gasteiger partial charge in [0.15, 0.2) is 0 Å². The predicted molar refractivity (Wildman–Crippen MR) is 201 cm³/mol. The average Bonchev–Trinajstić information content (AvgIpc) is 3.04. The molecule has 6 heteroatoms. The minimum Gasteiger partial charge on any atom is -0.376 e. The van der Waals surface area contributed by atoms with Gasteiger partial charge >= 0.3 is 0 Å². The predicted octanol–water partition coefficient (Wildman–Crippen LogP) is 11.2. The molecule has 5 rings (SSSR count). The molecular formula is C41H50Cl3NO2. The number of halogens is 3. The van der Waals surface area contributed by atoms with E-state index in [1.54, 1.807) is 0 Å². The van der Waals surface area contributed by atoms with Crippen molar-refractivity contribution in [3.8, 4) is 0 Å². The SMILES string of the molecule is Cc1cccc(C)c1C(CNC1(C(COCc2ccc(Cl)cc2)c2c(C)cccc2C)CCCCC1)COCc1ccc(Cl)cc1.Cl. The summed E-state index contributed by atoms with van der Waals surface area (Å²) in [6, 6.07) is 29.3. The van der Waals surface area contributed by atoms with Crippen molar-refractivity contribution >= 4 is 35.6 Å². The maximum absolute atomic E-state index is 6.60. The lowest BCUT2D eigenvalue weighted by Gasteiger charge is -2.46. The molecule has 0 aromatic heterocycles. The fraction of sp³-hybridized carbons (Fsp3) is 0.415. The van der Waals surface area contributed by atoms with E-state index in [1.807, 2.05) is 36.4 Å². The standard InChI is InChI=1S/C41H49Cl2NO2.ClH/c1-29-10-8-11-30(2)39(29)35(27-45-25-33-14-18-36(42)19-15-33)24-44-41(22-6-5-7-23-41)38(40-31(3)12-9-13-32(40)4)28-46-26-34-16-20-37(43)21-17-34;/h8-21,35,38,44H,5-7,22-28H2,1-4H3;1H. The zero-order valence-corrected chi connectivity index (χ0v) is 30.6. The average molecular weight is 695 g/mol. The van der Waals surface area contributed by atoms with Crippen molar-refractivity contribution in [1.82, 2.24) is 5.32 Å². The zero-order chi connectivity index (χ0) is 32.5. The molecule has 2 atom stereocenters. The summed E-state index contributed by atoms with van der Waals surface area (Å²) in [5.41, 5.74) is 10.3. The molecule has 2 unspecified atom stereocenters. The van der Waals surface area contributed by atoms with E-state index in [9.17, 15) is 0 Å². The number of hydrogen-bond donors (Lipinski definition) is 1. The Morgan fingerprint density at radius 1 is 0.617 bits per heavy atom. The molecule has 1 aliphatic rings. The molecule has 0 amide bonds. The summed E-state index contributed by atoms with van der Waals surface area (Å²) in [6.07, 6.45) is 5.96. The number of aryl methyl sites for hydroxylation is 4. The van der Waals surface area contributed by atoms with Crippen molar-refractivity contribution in [2.24, 2.45) is 0 Å². The Morgan fingerprint density at radius 3 is 1.55 bits per heavy atom. The van der Waals surface area contributed by atoms with Gasteiger partial charge in [0.1, 0.15) is 0 Å². The van der Waals surface area contributed by atoms with Gasteiger partial charge in [0.2, 0.25) is 0 Å². The summed E-state index contributed by atoms with van der Waals surface area (Å²) in [4.78, 5) is 0. The van der Waals surface area contributed by atoms with Gasteiger partial charge in [0, 0.05) is 34.0 Å². The lowest BCUT2D eigenvalue weighted by Crippen LogP contribution is -2.54. The Labute approximate surface area is 298 Å². The summed E-state index contributed by atoms with van der Waals surface area (Å²) in [5.74, 6) is 0.427. The van der Waals surface area contributed by atoms with Crippen LogP contribution in [-0.2, 0) is 22.7 Å². The van der Waals surface area contributed by atoms with Gasteiger partial charge in [-0.1, -0.05) is 103 Å². The highest BCUT2D eigenvalue weighted by molar-refractivity contribution is 6.30. The summed E-state index contributed by atoms with van der Waals surface area (Å²) in [6.45, 7) is 12.2. The Morgan fingerprint density at radius 2 is 1.06 bits per heavy atom. The molecule has 0 bridgehead atoms. The molecule has 47 heavy (non-hydrogen) atoms. The highest BCUT2D eigenvalue weighted by Gasteiger charge is 2.42. The minimum absolute atomic E-state index is 0. The highest BCUT2D eigenvalue weighted by atomic mass is 35.5. The topological polar surface area (TPSA) is 30.5 Å². The van der Waals surface area contributed by atoms with Gasteiger partial charge in [-0.15, -0.1) is 12.4 Å². The van der Waals surface area contributed by atoms with Crippen molar-refractivity contribution in [2.75, 3.05) is 19.8 Å². The van der Waals surface area contributed by atoms with E-state index >= 15 is 0 Å². The third-order valence-corrected chi connectivity index (χ3v) is 10.4.